The summed E-state index contributed by atoms with van der Waals surface area (Å²) in [5, 5.41) is 29.9. The number of hydrogen-bond acceptors (Lipinski definition) is 7. The van der Waals surface area contributed by atoms with Crippen molar-refractivity contribution >= 4 is 35.4 Å². The van der Waals surface area contributed by atoms with Crippen LogP contribution in [-0.4, -0.2) is 33.4 Å². The second kappa shape index (κ2) is 8.75. The molecule has 2 aliphatic rings. The normalized spacial score (nSPS) is 20.8. The van der Waals surface area contributed by atoms with Gasteiger partial charge in [0.1, 0.15) is 5.37 Å². The number of nitrogens with zero attached hydrogens (tertiary/aromatic N) is 3. The summed E-state index contributed by atoms with van der Waals surface area (Å²) in [6.07, 6.45) is 3.41. The van der Waals surface area contributed by atoms with Gasteiger partial charge in [-0.05, 0) is 25.1 Å². The van der Waals surface area contributed by atoms with Crippen molar-refractivity contribution in [2.75, 3.05) is 0 Å². The molecule has 1 saturated heterocycles. The van der Waals surface area contributed by atoms with Gasteiger partial charge in [-0.2, -0.15) is 5.26 Å². The first-order valence-corrected chi connectivity index (χ1v) is 11.3. The van der Waals surface area contributed by atoms with E-state index in [1.165, 1.54) is 35.3 Å². The zero-order valence-corrected chi connectivity index (χ0v) is 18.2. The van der Waals surface area contributed by atoms with Crippen molar-refractivity contribution in [1.29, 1.82) is 5.26 Å². The summed E-state index contributed by atoms with van der Waals surface area (Å²) in [6.45, 7) is 2.18. The molecule has 1 amide bonds. The molecule has 1 aromatic carbocycles. The highest BCUT2D eigenvalue weighted by Crippen LogP contribution is 2.54. The summed E-state index contributed by atoms with van der Waals surface area (Å²) in [5.74, 6) is -2.37. The number of rotatable bonds is 7. The smallest absolute Gasteiger partial charge is 0.236 e. The Morgan fingerprint density at radius 3 is 2.74 bits per heavy atom. The largest absolute Gasteiger partial charge is 0.543 e. The number of nitriles is 1. The van der Waals surface area contributed by atoms with E-state index in [1.807, 2.05) is 53.4 Å². The first-order chi connectivity index (χ1) is 14.9. The molecule has 1 aromatic heterocycles. The van der Waals surface area contributed by atoms with Gasteiger partial charge in [0.15, 0.2) is 18.9 Å². The van der Waals surface area contributed by atoms with Crippen LogP contribution >= 0.6 is 23.5 Å². The zero-order valence-electron chi connectivity index (χ0n) is 16.6. The molecular weight excluding hydrogens is 434 g/mol. The molecule has 0 spiro atoms. The molecule has 0 unspecified atom stereocenters. The SMILES string of the molecule is C[C@@H](O)[C@H]1C(=O)N2C(C(=O)[O-])=C(Sc3ccc(C[n+]4cccc(CC#N)c4)cc3)S[C@H]12. The average Bonchev–Trinajstić information content (AvgIpc) is 3.04. The van der Waals surface area contributed by atoms with Crippen LogP contribution in [0, 0.1) is 17.2 Å². The lowest BCUT2D eigenvalue weighted by molar-refractivity contribution is -0.688. The molecule has 0 radical (unpaired) electrons. The van der Waals surface area contributed by atoms with Crippen LogP contribution in [0.15, 0.2) is 63.6 Å². The third-order valence-electron chi connectivity index (χ3n) is 5.16. The van der Waals surface area contributed by atoms with Crippen LogP contribution in [-0.2, 0) is 22.6 Å². The standard InChI is InChI=1S/C22H19N3O4S2/c1-13(26)17-19(27)25-18(21(28)29)22(31-20(17)25)30-16-6-4-15(5-7-16)12-24-10-2-3-14(11-24)8-9-23/h2-7,10-11,13,17,20,26H,8,12H2,1H3/t13-,17+,20-/m1/s1. The molecule has 9 heteroatoms. The van der Waals surface area contributed by atoms with Gasteiger partial charge in [-0.15, -0.1) is 0 Å². The van der Waals surface area contributed by atoms with E-state index in [-0.39, 0.29) is 11.6 Å². The predicted molar refractivity (Wildman–Crippen MR) is 113 cm³/mol. The molecule has 3 heterocycles. The van der Waals surface area contributed by atoms with Gasteiger partial charge >= 0.3 is 0 Å². The lowest BCUT2D eigenvalue weighted by Crippen LogP contribution is -2.61. The lowest BCUT2D eigenvalue weighted by atomic mass is 9.92. The van der Waals surface area contributed by atoms with Crippen molar-refractivity contribution in [1.82, 2.24) is 4.90 Å². The summed E-state index contributed by atoms with van der Waals surface area (Å²) < 4.78 is 2.50. The fourth-order valence-electron chi connectivity index (χ4n) is 3.66. The third kappa shape index (κ3) is 4.19. The number of fused-ring (bicyclic) bond motifs is 1. The van der Waals surface area contributed by atoms with Crippen molar-refractivity contribution in [3.05, 3.63) is 69.9 Å². The highest BCUT2D eigenvalue weighted by molar-refractivity contribution is 8.22. The number of benzene rings is 1. The van der Waals surface area contributed by atoms with E-state index in [1.54, 1.807) is 0 Å². The molecule has 158 valence electrons. The van der Waals surface area contributed by atoms with Crippen molar-refractivity contribution in [3.8, 4) is 6.07 Å². The number of amides is 1. The number of aromatic nitrogens is 1. The lowest BCUT2D eigenvalue weighted by Gasteiger charge is -2.44. The first-order valence-electron chi connectivity index (χ1n) is 9.64. The van der Waals surface area contributed by atoms with Gasteiger partial charge in [-0.1, -0.05) is 35.7 Å². The highest BCUT2D eigenvalue weighted by Gasteiger charge is 2.56. The maximum absolute atomic E-state index is 12.3. The minimum Gasteiger partial charge on any atom is -0.543 e. The van der Waals surface area contributed by atoms with Crippen LogP contribution in [0.4, 0.5) is 0 Å². The molecule has 0 aliphatic carbocycles. The molecule has 2 aliphatic heterocycles. The van der Waals surface area contributed by atoms with Crippen LogP contribution in [0.5, 0.6) is 0 Å². The first kappa shape index (κ1) is 21.4. The number of carboxylic acid groups (broad SMARTS) is 1. The van der Waals surface area contributed by atoms with Crippen LogP contribution in [0.1, 0.15) is 18.1 Å². The monoisotopic (exact) mass is 453 g/mol. The third-order valence-corrected chi connectivity index (χ3v) is 7.74. The number of carbonyl (C=O) groups excluding carboxylic acids is 2. The molecule has 31 heavy (non-hydrogen) atoms. The Morgan fingerprint density at radius 2 is 2.10 bits per heavy atom. The summed E-state index contributed by atoms with van der Waals surface area (Å²) in [5.41, 5.74) is 1.90. The van der Waals surface area contributed by atoms with Crippen LogP contribution in [0.2, 0.25) is 0 Å². The number of carbonyl (C=O) groups is 2. The number of β-lactam (4-membered cyclic amide) rings is 1. The number of aliphatic hydroxyl groups is 1. The zero-order chi connectivity index (χ0) is 22.1. The number of thioether (sulfide) groups is 2. The fourth-order valence-corrected chi connectivity index (χ4v) is 6.52. The molecule has 3 atom stereocenters. The van der Waals surface area contributed by atoms with Crippen LogP contribution in [0.3, 0.4) is 0 Å². The minimum atomic E-state index is -1.39. The van der Waals surface area contributed by atoms with Crippen LogP contribution in [0.25, 0.3) is 0 Å². The summed E-state index contributed by atoms with van der Waals surface area (Å²) >= 11 is 2.56. The molecule has 1 N–H and O–H groups in total. The van der Waals surface area contributed by atoms with E-state index in [2.05, 4.69) is 6.07 Å². The Hall–Kier alpha value is -2.80. The van der Waals surface area contributed by atoms with Crippen molar-refractivity contribution in [2.24, 2.45) is 5.92 Å². The van der Waals surface area contributed by atoms with E-state index >= 15 is 0 Å². The van der Waals surface area contributed by atoms with E-state index in [9.17, 15) is 19.8 Å². The molecule has 1 fully saturated rings. The Bertz CT molecular complexity index is 1110. The Morgan fingerprint density at radius 1 is 1.35 bits per heavy atom. The van der Waals surface area contributed by atoms with Crippen molar-refractivity contribution < 1.29 is 24.4 Å². The number of aliphatic carboxylic acids is 1. The second-order valence-electron chi connectivity index (χ2n) is 7.37. The number of hydrogen-bond donors (Lipinski definition) is 1. The van der Waals surface area contributed by atoms with Gasteiger partial charge in [0, 0.05) is 22.1 Å². The predicted octanol–water partition coefficient (Wildman–Crippen LogP) is 1.01. The van der Waals surface area contributed by atoms with Crippen molar-refractivity contribution in [3.63, 3.8) is 0 Å². The maximum atomic E-state index is 12.3. The van der Waals surface area contributed by atoms with Gasteiger partial charge in [-0.25, -0.2) is 4.57 Å². The Balaban J connectivity index is 1.48. The summed E-state index contributed by atoms with van der Waals surface area (Å²) in [6, 6.07) is 13.7. The molecule has 4 rings (SSSR count). The van der Waals surface area contributed by atoms with E-state index in [4.69, 9.17) is 5.26 Å². The number of carboxylic acids is 1. The minimum absolute atomic E-state index is 0.115. The second-order valence-corrected chi connectivity index (χ2v) is 9.84. The Labute approximate surface area is 188 Å². The van der Waals surface area contributed by atoms with Crippen molar-refractivity contribution in [2.45, 2.75) is 36.3 Å². The molecule has 2 aromatic rings. The quantitative estimate of drug-likeness (QED) is 0.492. The fraction of sp³-hybridized carbons (Fsp3) is 0.273. The molecule has 7 nitrogen and oxygen atoms in total. The van der Waals surface area contributed by atoms with Crippen LogP contribution < -0.4 is 9.67 Å². The number of aliphatic hydroxyl groups excluding tert-OH is 1. The highest BCUT2D eigenvalue weighted by atomic mass is 32.2. The number of pyridine rings is 1. The summed E-state index contributed by atoms with van der Waals surface area (Å²) in [7, 11) is 0. The molecule has 0 bridgehead atoms. The molecular formula is C22H19N3O4S2. The average molecular weight is 454 g/mol. The topological polar surface area (TPSA) is 108 Å². The maximum Gasteiger partial charge on any atom is 0.236 e. The van der Waals surface area contributed by atoms with Gasteiger partial charge < -0.3 is 15.0 Å². The molecule has 0 saturated carbocycles. The van der Waals surface area contributed by atoms with Gasteiger partial charge in [0.25, 0.3) is 0 Å². The van der Waals surface area contributed by atoms with E-state index < -0.39 is 23.4 Å². The van der Waals surface area contributed by atoms with Gasteiger partial charge in [-0.3, -0.25) is 9.69 Å². The van der Waals surface area contributed by atoms with Gasteiger partial charge in [0.2, 0.25) is 5.91 Å². The van der Waals surface area contributed by atoms with E-state index in [0.29, 0.717) is 17.2 Å². The summed E-state index contributed by atoms with van der Waals surface area (Å²) in [4.78, 5) is 26.0. The van der Waals surface area contributed by atoms with Gasteiger partial charge in [0.05, 0.1) is 40.4 Å². The van der Waals surface area contributed by atoms with E-state index in [0.717, 1.165) is 16.0 Å². The Kier molecular flexibility index (Phi) is 6.05.